The Bertz CT molecular complexity index is 300. The van der Waals surface area contributed by atoms with Crippen molar-refractivity contribution in [3.63, 3.8) is 0 Å². The third-order valence-electron chi connectivity index (χ3n) is 2.30. The van der Waals surface area contributed by atoms with Gasteiger partial charge in [0.15, 0.2) is 0 Å². The van der Waals surface area contributed by atoms with E-state index in [0.717, 1.165) is 31.6 Å². The van der Waals surface area contributed by atoms with E-state index >= 15 is 0 Å². The van der Waals surface area contributed by atoms with Crippen LogP contribution in [-0.4, -0.2) is 19.1 Å². The van der Waals surface area contributed by atoms with Crippen molar-refractivity contribution in [2.24, 2.45) is 0 Å². The van der Waals surface area contributed by atoms with Crippen LogP contribution >= 0.6 is 0 Å². The molecule has 1 rings (SSSR count). The van der Waals surface area contributed by atoms with E-state index in [4.69, 9.17) is 0 Å². The molecule has 0 radical (unpaired) electrons. The van der Waals surface area contributed by atoms with Crippen molar-refractivity contribution >= 4 is 0 Å². The largest absolute Gasteiger partial charge is 0.314 e. The lowest BCUT2D eigenvalue weighted by atomic mass is 10.2. The Kier molecular flexibility index (Phi) is 6.04. The smallest absolute Gasteiger partial charge is 0.123 e. The molecule has 0 aliphatic rings. The lowest BCUT2D eigenvalue weighted by Crippen LogP contribution is -2.26. The van der Waals surface area contributed by atoms with Crippen LogP contribution in [-0.2, 0) is 6.54 Å². The number of halogens is 1. The topological polar surface area (TPSA) is 24.1 Å². The Morgan fingerprint density at radius 3 is 2.75 bits per heavy atom. The van der Waals surface area contributed by atoms with Crippen LogP contribution in [0.4, 0.5) is 4.39 Å². The molecule has 3 heteroatoms. The second-order valence-corrected chi connectivity index (χ2v) is 4.27. The van der Waals surface area contributed by atoms with E-state index in [1.54, 1.807) is 12.1 Å². The summed E-state index contributed by atoms with van der Waals surface area (Å²) in [6, 6.07) is 7.26. The summed E-state index contributed by atoms with van der Waals surface area (Å²) in [5, 5.41) is 6.65. The third kappa shape index (κ3) is 5.83. The van der Waals surface area contributed by atoms with E-state index in [1.165, 1.54) is 6.07 Å². The summed E-state index contributed by atoms with van der Waals surface area (Å²) in [7, 11) is 0. The van der Waals surface area contributed by atoms with Crippen LogP contribution in [0.3, 0.4) is 0 Å². The highest BCUT2D eigenvalue weighted by Gasteiger charge is 1.95. The maximum absolute atomic E-state index is 12.8. The van der Waals surface area contributed by atoms with E-state index in [2.05, 4.69) is 24.5 Å². The maximum Gasteiger partial charge on any atom is 0.123 e. The molecule has 2 N–H and O–H groups in total. The zero-order valence-electron chi connectivity index (χ0n) is 10.1. The first kappa shape index (κ1) is 13.1. The first-order valence-corrected chi connectivity index (χ1v) is 5.87. The van der Waals surface area contributed by atoms with Gasteiger partial charge in [-0.05, 0) is 37.2 Å². The summed E-state index contributed by atoms with van der Waals surface area (Å²) in [6.45, 7) is 6.99. The molecule has 0 spiro atoms. The van der Waals surface area contributed by atoms with Gasteiger partial charge in [0.2, 0.25) is 0 Å². The first-order valence-electron chi connectivity index (χ1n) is 5.87. The second-order valence-electron chi connectivity index (χ2n) is 4.27. The molecule has 0 fully saturated rings. The van der Waals surface area contributed by atoms with E-state index in [0.29, 0.717) is 6.04 Å². The highest BCUT2D eigenvalue weighted by atomic mass is 19.1. The van der Waals surface area contributed by atoms with Crippen molar-refractivity contribution in [1.82, 2.24) is 10.6 Å². The third-order valence-corrected chi connectivity index (χ3v) is 2.30. The zero-order chi connectivity index (χ0) is 11.8. The zero-order valence-corrected chi connectivity index (χ0v) is 10.1. The van der Waals surface area contributed by atoms with E-state index in [9.17, 15) is 4.39 Å². The minimum atomic E-state index is -0.166. The monoisotopic (exact) mass is 224 g/mol. The molecule has 0 amide bonds. The molecule has 0 unspecified atom stereocenters. The number of rotatable bonds is 7. The molecule has 0 saturated heterocycles. The Hall–Kier alpha value is -0.930. The van der Waals surface area contributed by atoms with Gasteiger partial charge >= 0.3 is 0 Å². The molecule has 0 bridgehead atoms. The van der Waals surface area contributed by atoms with Gasteiger partial charge in [0.1, 0.15) is 5.82 Å². The first-order chi connectivity index (χ1) is 7.68. The Morgan fingerprint density at radius 1 is 1.25 bits per heavy atom. The van der Waals surface area contributed by atoms with Gasteiger partial charge in [-0.2, -0.15) is 0 Å². The molecule has 1 aromatic carbocycles. The molecule has 0 aromatic heterocycles. The molecule has 0 saturated carbocycles. The van der Waals surface area contributed by atoms with E-state index in [-0.39, 0.29) is 5.82 Å². The lowest BCUT2D eigenvalue weighted by Gasteiger charge is -2.08. The van der Waals surface area contributed by atoms with Crippen LogP contribution < -0.4 is 10.6 Å². The summed E-state index contributed by atoms with van der Waals surface area (Å²) >= 11 is 0. The minimum absolute atomic E-state index is 0.166. The van der Waals surface area contributed by atoms with Crippen molar-refractivity contribution in [3.8, 4) is 0 Å². The molecule has 0 heterocycles. The average molecular weight is 224 g/mol. The standard InChI is InChI=1S/C13H21FN2/c1-11(2)16-8-4-7-15-10-12-5-3-6-13(14)9-12/h3,5-6,9,11,15-16H,4,7-8,10H2,1-2H3. The number of hydrogen-bond acceptors (Lipinski definition) is 2. The molecule has 0 aliphatic heterocycles. The van der Waals surface area contributed by atoms with E-state index in [1.807, 2.05) is 6.07 Å². The van der Waals surface area contributed by atoms with Crippen molar-refractivity contribution in [2.75, 3.05) is 13.1 Å². The minimum Gasteiger partial charge on any atom is -0.314 e. The number of benzene rings is 1. The van der Waals surface area contributed by atoms with Gasteiger partial charge in [0, 0.05) is 12.6 Å². The van der Waals surface area contributed by atoms with Crippen molar-refractivity contribution < 1.29 is 4.39 Å². The van der Waals surface area contributed by atoms with Crippen LogP contribution in [0.5, 0.6) is 0 Å². The van der Waals surface area contributed by atoms with Gasteiger partial charge in [-0.1, -0.05) is 26.0 Å². The Morgan fingerprint density at radius 2 is 2.06 bits per heavy atom. The summed E-state index contributed by atoms with van der Waals surface area (Å²) < 4.78 is 12.8. The highest BCUT2D eigenvalue weighted by Crippen LogP contribution is 2.02. The van der Waals surface area contributed by atoms with E-state index < -0.39 is 0 Å². The fourth-order valence-electron chi connectivity index (χ4n) is 1.48. The van der Waals surface area contributed by atoms with Crippen LogP contribution in [0.1, 0.15) is 25.8 Å². The van der Waals surface area contributed by atoms with Crippen LogP contribution in [0.2, 0.25) is 0 Å². The average Bonchev–Trinajstić information content (AvgIpc) is 2.23. The predicted octanol–water partition coefficient (Wildman–Crippen LogP) is 2.30. The Labute approximate surface area is 97.3 Å². The second kappa shape index (κ2) is 7.36. The molecular formula is C13H21FN2. The molecule has 90 valence electrons. The van der Waals surface area contributed by atoms with Crippen molar-refractivity contribution in [3.05, 3.63) is 35.6 Å². The Balaban J connectivity index is 2.07. The van der Waals surface area contributed by atoms with Gasteiger partial charge < -0.3 is 10.6 Å². The molecule has 0 atom stereocenters. The summed E-state index contributed by atoms with van der Waals surface area (Å²) in [5.41, 5.74) is 0.997. The number of hydrogen-bond donors (Lipinski definition) is 2. The summed E-state index contributed by atoms with van der Waals surface area (Å²) in [5.74, 6) is -0.166. The van der Waals surface area contributed by atoms with Gasteiger partial charge in [-0.3, -0.25) is 0 Å². The summed E-state index contributed by atoms with van der Waals surface area (Å²) in [4.78, 5) is 0. The highest BCUT2D eigenvalue weighted by molar-refractivity contribution is 5.15. The van der Waals surface area contributed by atoms with Gasteiger partial charge in [0.25, 0.3) is 0 Å². The normalized spacial score (nSPS) is 11.0. The fourth-order valence-corrected chi connectivity index (χ4v) is 1.48. The molecular weight excluding hydrogens is 203 g/mol. The quantitative estimate of drug-likeness (QED) is 0.694. The molecule has 2 nitrogen and oxygen atoms in total. The fraction of sp³-hybridized carbons (Fsp3) is 0.538. The van der Waals surface area contributed by atoms with Gasteiger partial charge in [-0.25, -0.2) is 4.39 Å². The van der Waals surface area contributed by atoms with Gasteiger partial charge in [-0.15, -0.1) is 0 Å². The van der Waals surface area contributed by atoms with Crippen molar-refractivity contribution in [2.45, 2.75) is 32.9 Å². The van der Waals surface area contributed by atoms with Gasteiger partial charge in [0.05, 0.1) is 0 Å². The summed E-state index contributed by atoms with van der Waals surface area (Å²) in [6.07, 6.45) is 1.09. The predicted molar refractivity (Wildman–Crippen MR) is 65.9 cm³/mol. The molecule has 16 heavy (non-hydrogen) atoms. The number of nitrogens with one attached hydrogen (secondary N) is 2. The molecule has 1 aromatic rings. The van der Waals surface area contributed by atoms with Crippen LogP contribution in [0.15, 0.2) is 24.3 Å². The molecule has 0 aliphatic carbocycles. The maximum atomic E-state index is 12.8. The SMILES string of the molecule is CC(C)NCCCNCc1cccc(F)c1. The lowest BCUT2D eigenvalue weighted by molar-refractivity contribution is 0.546. The van der Waals surface area contributed by atoms with Crippen molar-refractivity contribution in [1.29, 1.82) is 0 Å². The van der Waals surface area contributed by atoms with Crippen LogP contribution in [0.25, 0.3) is 0 Å². The van der Waals surface area contributed by atoms with Crippen LogP contribution in [0, 0.1) is 5.82 Å².